The van der Waals surface area contributed by atoms with Crippen LogP contribution in [0, 0.1) is 0 Å². The molecule has 0 fully saturated rings. The van der Waals surface area contributed by atoms with Crippen molar-refractivity contribution < 1.29 is 19.7 Å². The van der Waals surface area contributed by atoms with Gasteiger partial charge >= 0.3 is 5.97 Å². The second kappa shape index (κ2) is 3.79. The smallest absolute Gasteiger partial charge is 0.306 e. The molecule has 1 aromatic carbocycles. The summed E-state index contributed by atoms with van der Waals surface area (Å²) in [6, 6.07) is 5.44. The van der Waals surface area contributed by atoms with Crippen LogP contribution < -0.4 is 4.74 Å². The third kappa shape index (κ3) is 1.76. The van der Waals surface area contributed by atoms with Crippen LogP contribution in [0.3, 0.4) is 0 Å². The van der Waals surface area contributed by atoms with Crippen molar-refractivity contribution in [1.82, 2.24) is 0 Å². The van der Waals surface area contributed by atoms with Crippen molar-refractivity contribution in [2.75, 3.05) is 7.11 Å². The predicted octanol–water partition coefficient (Wildman–Crippen LogP) is 1.30. The Labute approximate surface area is 93.5 Å². The molecule has 1 aliphatic rings. The highest BCUT2D eigenvalue weighted by molar-refractivity contribution is 5.69. The number of carbonyl (C=O) groups is 1. The molecule has 0 aliphatic heterocycles. The zero-order valence-corrected chi connectivity index (χ0v) is 9.06. The molecule has 1 aromatic rings. The maximum Gasteiger partial charge on any atom is 0.306 e. The van der Waals surface area contributed by atoms with E-state index in [1.165, 1.54) is 0 Å². The van der Waals surface area contributed by atoms with Crippen LogP contribution in [0.15, 0.2) is 18.2 Å². The van der Waals surface area contributed by atoms with Crippen LogP contribution in [-0.4, -0.2) is 23.3 Å². The minimum absolute atomic E-state index is 0.257. The van der Waals surface area contributed by atoms with Crippen LogP contribution in [0.1, 0.15) is 24.0 Å². The summed E-state index contributed by atoms with van der Waals surface area (Å²) in [5, 5.41) is 19.1. The zero-order chi connectivity index (χ0) is 11.8. The van der Waals surface area contributed by atoms with Gasteiger partial charge in [0.1, 0.15) is 11.4 Å². The number of hydrogen-bond acceptors (Lipinski definition) is 3. The van der Waals surface area contributed by atoms with Gasteiger partial charge in [-0.2, -0.15) is 0 Å². The zero-order valence-electron chi connectivity index (χ0n) is 9.06. The molecule has 2 N–H and O–H groups in total. The van der Waals surface area contributed by atoms with Gasteiger partial charge in [0.25, 0.3) is 0 Å². The van der Waals surface area contributed by atoms with E-state index >= 15 is 0 Å². The van der Waals surface area contributed by atoms with E-state index in [0.29, 0.717) is 24.2 Å². The summed E-state index contributed by atoms with van der Waals surface area (Å²) >= 11 is 0. The molecule has 0 aromatic heterocycles. The second-order valence-corrected chi connectivity index (χ2v) is 4.13. The Morgan fingerprint density at radius 1 is 1.56 bits per heavy atom. The molecule has 0 heterocycles. The summed E-state index contributed by atoms with van der Waals surface area (Å²) in [6.07, 6.45) is 0.915. The summed E-state index contributed by atoms with van der Waals surface area (Å²) in [4.78, 5) is 10.7. The van der Waals surface area contributed by atoms with E-state index in [4.69, 9.17) is 9.84 Å². The molecule has 0 spiro atoms. The molecule has 1 unspecified atom stereocenters. The van der Waals surface area contributed by atoms with Crippen LogP contribution in [-0.2, 0) is 16.8 Å². The molecule has 0 radical (unpaired) electrons. The van der Waals surface area contributed by atoms with Gasteiger partial charge in [0, 0.05) is 0 Å². The van der Waals surface area contributed by atoms with Gasteiger partial charge in [0.2, 0.25) is 0 Å². The number of rotatable bonds is 3. The second-order valence-electron chi connectivity index (χ2n) is 4.13. The van der Waals surface area contributed by atoms with E-state index in [-0.39, 0.29) is 6.42 Å². The number of carboxylic acid groups (broad SMARTS) is 1. The Hall–Kier alpha value is -1.55. The number of methoxy groups -OCH3 is 1. The van der Waals surface area contributed by atoms with Crippen molar-refractivity contribution in [2.45, 2.75) is 24.9 Å². The largest absolute Gasteiger partial charge is 0.497 e. The topological polar surface area (TPSA) is 66.8 Å². The van der Waals surface area contributed by atoms with Gasteiger partial charge in [0.05, 0.1) is 13.5 Å². The molecule has 0 bridgehead atoms. The lowest BCUT2D eigenvalue weighted by Crippen LogP contribution is -2.26. The van der Waals surface area contributed by atoms with Gasteiger partial charge in [-0.05, 0) is 36.1 Å². The quantitative estimate of drug-likeness (QED) is 0.809. The molecule has 1 aliphatic carbocycles. The van der Waals surface area contributed by atoms with Crippen LogP contribution in [0.2, 0.25) is 0 Å². The van der Waals surface area contributed by atoms with Crippen LogP contribution in [0.4, 0.5) is 0 Å². The minimum atomic E-state index is -1.24. The fourth-order valence-corrected chi connectivity index (χ4v) is 2.24. The molecule has 0 amide bonds. The number of aryl methyl sites for hydroxylation is 1. The maximum absolute atomic E-state index is 10.7. The Morgan fingerprint density at radius 3 is 2.94 bits per heavy atom. The number of ether oxygens (including phenoxy) is 1. The molecular formula is C12H14O4. The SMILES string of the molecule is COc1ccc2c(c1)C(O)(CC(=O)O)CC2. The van der Waals surface area contributed by atoms with Crippen LogP contribution in [0.5, 0.6) is 5.75 Å². The number of aliphatic hydroxyl groups is 1. The highest BCUT2D eigenvalue weighted by Crippen LogP contribution is 2.40. The summed E-state index contributed by atoms with van der Waals surface area (Å²) in [5.74, 6) is -0.345. The van der Waals surface area contributed by atoms with Crippen LogP contribution >= 0.6 is 0 Å². The Bertz CT molecular complexity index is 427. The molecule has 2 rings (SSSR count). The molecule has 0 saturated carbocycles. The molecule has 4 heteroatoms. The lowest BCUT2D eigenvalue weighted by Gasteiger charge is -2.22. The van der Waals surface area contributed by atoms with E-state index in [1.54, 1.807) is 13.2 Å². The first kappa shape index (κ1) is 11.0. The van der Waals surface area contributed by atoms with E-state index in [2.05, 4.69) is 0 Å². The minimum Gasteiger partial charge on any atom is -0.497 e. The molecule has 0 saturated heterocycles. The van der Waals surface area contributed by atoms with Crippen molar-refractivity contribution in [3.63, 3.8) is 0 Å². The summed E-state index contributed by atoms with van der Waals surface area (Å²) < 4.78 is 5.08. The van der Waals surface area contributed by atoms with Gasteiger partial charge in [-0.15, -0.1) is 0 Å². The van der Waals surface area contributed by atoms with Crippen molar-refractivity contribution in [3.05, 3.63) is 29.3 Å². The highest BCUT2D eigenvalue weighted by Gasteiger charge is 2.38. The van der Waals surface area contributed by atoms with Crippen molar-refractivity contribution >= 4 is 5.97 Å². The number of fused-ring (bicyclic) bond motifs is 1. The monoisotopic (exact) mass is 222 g/mol. The average molecular weight is 222 g/mol. The van der Waals surface area contributed by atoms with E-state index in [9.17, 15) is 9.90 Å². The van der Waals surface area contributed by atoms with Gasteiger partial charge in [-0.3, -0.25) is 4.79 Å². The Balaban J connectivity index is 2.40. The fourth-order valence-electron chi connectivity index (χ4n) is 2.24. The van der Waals surface area contributed by atoms with Gasteiger partial charge in [-0.1, -0.05) is 6.07 Å². The van der Waals surface area contributed by atoms with Gasteiger partial charge in [-0.25, -0.2) is 0 Å². The molecule has 16 heavy (non-hydrogen) atoms. The number of carboxylic acids is 1. The average Bonchev–Trinajstić information content (AvgIpc) is 2.55. The normalized spacial score (nSPS) is 22.9. The van der Waals surface area contributed by atoms with E-state index < -0.39 is 11.6 Å². The Kier molecular flexibility index (Phi) is 2.59. The van der Waals surface area contributed by atoms with Crippen LogP contribution in [0.25, 0.3) is 0 Å². The molecule has 1 atom stereocenters. The first-order chi connectivity index (χ1) is 7.55. The fraction of sp³-hybridized carbons (Fsp3) is 0.417. The third-order valence-electron chi connectivity index (χ3n) is 3.07. The van der Waals surface area contributed by atoms with Crippen molar-refractivity contribution in [1.29, 1.82) is 0 Å². The number of aliphatic carboxylic acids is 1. The summed E-state index contributed by atoms with van der Waals surface area (Å²) in [5.41, 5.74) is 0.453. The van der Waals surface area contributed by atoms with E-state index in [0.717, 1.165) is 5.56 Å². The lowest BCUT2D eigenvalue weighted by atomic mass is 9.92. The van der Waals surface area contributed by atoms with Crippen molar-refractivity contribution in [2.24, 2.45) is 0 Å². The molecule has 4 nitrogen and oxygen atoms in total. The molecular weight excluding hydrogens is 208 g/mol. The molecule has 86 valence electrons. The first-order valence-electron chi connectivity index (χ1n) is 5.17. The standard InChI is InChI=1S/C12H14O4/c1-16-9-3-2-8-4-5-12(15,7-11(13)14)10(8)6-9/h2-3,6,15H,4-5,7H2,1H3,(H,13,14). The number of hydrogen-bond donors (Lipinski definition) is 2. The van der Waals surface area contributed by atoms with Gasteiger partial charge in [0.15, 0.2) is 0 Å². The third-order valence-corrected chi connectivity index (χ3v) is 3.07. The lowest BCUT2D eigenvalue weighted by molar-refractivity contribution is -0.142. The summed E-state index contributed by atoms with van der Waals surface area (Å²) in [6.45, 7) is 0. The number of benzene rings is 1. The Morgan fingerprint density at radius 2 is 2.31 bits per heavy atom. The summed E-state index contributed by atoms with van der Waals surface area (Å²) in [7, 11) is 1.55. The van der Waals surface area contributed by atoms with E-state index in [1.807, 2.05) is 12.1 Å². The predicted molar refractivity (Wildman–Crippen MR) is 57.5 cm³/mol. The van der Waals surface area contributed by atoms with Crippen molar-refractivity contribution in [3.8, 4) is 5.75 Å². The highest BCUT2D eigenvalue weighted by atomic mass is 16.5. The first-order valence-corrected chi connectivity index (χ1v) is 5.17. The maximum atomic E-state index is 10.7. The van der Waals surface area contributed by atoms with Gasteiger partial charge < -0.3 is 14.9 Å².